The Hall–Kier alpha value is -1.89. The zero-order valence-electron chi connectivity index (χ0n) is 14.6. The fourth-order valence-electron chi connectivity index (χ4n) is 1.46. The summed E-state index contributed by atoms with van der Waals surface area (Å²) in [7, 11) is 0. The van der Waals surface area contributed by atoms with Crippen molar-refractivity contribution in [1.82, 2.24) is 0 Å². The zero-order valence-corrected chi connectivity index (χ0v) is 14.6. The minimum Gasteiger partial charge on any atom is -0.465 e. The van der Waals surface area contributed by atoms with Crippen LogP contribution in [-0.4, -0.2) is 50.9 Å². The summed E-state index contributed by atoms with van der Waals surface area (Å²) in [6, 6.07) is 0. The molecule has 24 heavy (non-hydrogen) atoms. The van der Waals surface area contributed by atoms with Crippen LogP contribution in [0.4, 0.5) is 0 Å². The number of rotatable bonds is 14. The maximum Gasteiger partial charge on any atom is 0.344 e. The molecular weight excluding hydrogens is 316 g/mol. The van der Waals surface area contributed by atoms with Crippen molar-refractivity contribution in [1.29, 1.82) is 0 Å². The van der Waals surface area contributed by atoms with E-state index in [4.69, 9.17) is 18.9 Å². The summed E-state index contributed by atoms with van der Waals surface area (Å²) in [6.45, 7) is 8.29. The molecule has 0 unspecified atom stereocenters. The summed E-state index contributed by atoms with van der Waals surface area (Å²) in [6.07, 6.45) is 3.39. The SMILES string of the molecule is C=C(CC(=O)OCCCC)C(=O)OCC(=O)OCCOCCCC. The molecule has 0 aromatic heterocycles. The van der Waals surface area contributed by atoms with Gasteiger partial charge in [0.15, 0.2) is 6.61 Å². The van der Waals surface area contributed by atoms with Crippen LogP contribution >= 0.6 is 0 Å². The molecule has 138 valence electrons. The Morgan fingerprint density at radius 3 is 2.08 bits per heavy atom. The first kappa shape index (κ1) is 22.1. The normalized spacial score (nSPS) is 10.1. The predicted molar refractivity (Wildman–Crippen MR) is 87.3 cm³/mol. The van der Waals surface area contributed by atoms with Crippen LogP contribution in [0.5, 0.6) is 0 Å². The van der Waals surface area contributed by atoms with E-state index in [2.05, 4.69) is 13.5 Å². The van der Waals surface area contributed by atoms with Crippen LogP contribution in [0.3, 0.4) is 0 Å². The van der Waals surface area contributed by atoms with Gasteiger partial charge in [-0.15, -0.1) is 0 Å². The summed E-state index contributed by atoms with van der Waals surface area (Å²) in [4.78, 5) is 34.4. The highest BCUT2D eigenvalue weighted by Crippen LogP contribution is 2.04. The lowest BCUT2D eigenvalue weighted by molar-refractivity contribution is -0.158. The highest BCUT2D eigenvalue weighted by molar-refractivity contribution is 5.94. The molecule has 0 radical (unpaired) electrons. The van der Waals surface area contributed by atoms with Crippen molar-refractivity contribution in [2.75, 3.05) is 33.0 Å². The second-order valence-electron chi connectivity index (χ2n) is 5.12. The van der Waals surface area contributed by atoms with Gasteiger partial charge in [0.25, 0.3) is 0 Å². The van der Waals surface area contributed by atoms with E-state index in [0.717, 1.165) is 25.7 Å². The molecule has 0 aliphatic heterocycles. The molecule has 0 saturated heterocycles. The number of hydrogen-bond donors (Lipinski definition) is 0. The number of carbonyl (C=O) groups is 3. The average Bonchev–Trinajstić information content (AvgIpc) is 2.55. The molecule has 0 fully saturated rings. The van der Waals surface area contributed by atoms with Gasteiger partial charge in [0.05, 0.1) is 19.6 Å². The maximum absolute atomic E-state index is 11.6. The van der Waals surface area contributed by atoms with Crippen molar-refractivity contribution >= 4 is 17.9 Å². The largest absolute Gasteiger partial charge is 0.465 e. The molecule has 0 spiro atoms. The summed E-state index contributed by atoms with van der Waals surface area (Å²) in [5, 5.41) is 0. The molecule has 0 heterocycles. The molecule has 0 aromatic carbocycles. The van der Waals surface area contributed by atoms with E-state index in [1.54, 1.807) is 0 Å². The quantitative estimate of drug-likeness (QED) is 0.206. The standard InChI is InChI=1S/C17H28O7/c1-4-6-8-21-10-11-23-16(19)13-24-17(20)14(3)12-15(18)22-9-7-5-2/h3-13H2,1-2H3. The summed E-state index contributed by atoms with van der Waals surface area (Å²) in [5.41, 5.74) is -0.0628. The van der Waals surface area contributed by atoms with Crippen molar-refractivity contribution in [3.63, 3.8) is 0 Å². The molecule has 7 heteroatoms. The lowest BCUT2D eigenvalue weighted by Crippen LogP contribution is -2.20. The highest BCUT2D eigenvalue weighted by atomic mass is 16.6. The number of esters is 3. The molecular formula is C17H28O7. The molecule has 0 bridgehead atoms. The van der Waals surface area contributed by atoms with Crippen molar-refractivity contribution in [2.45, 2.75) is 46.0 Å². The third kappa shape index (κ3) is 12.6. The van der Waals surface area contributed by atoms with Gasteiger partial charge < -0.3 is 18.9 Å². The molecule has 0 aliphatic carbocycles. The van der Waals surface area contributed by atoms with Gasteiger partial charge in [-0.2, -0.15) is 0 Å². The topological polar surface area (TPSA) is 88.1 Å². The minimum absolute atomic E-state index is 0.0628. The third-order valence-corrected chi connectivity index (χ3v) is 2.86. The predicted octanol–water partition coefficient (Wildman–Crippen LogP) is 2.18. The molecule has 0 rings (SSSR count). The van der Waals surface area contributed by atoms with Crippen LogP contribution in [0, 0.1) is 0 Å². The summed E-state index contributed by atoms with van der Waals surface area (Å²) in [5.74, 6) is -2.04. The minimum atomic E-state index is -0.821. The Kier molecular flexibility index (Phi) is 13.5. The van der Waals surface area contributed by atoms with Gasteiger partial charge >= 0.3 is 17.9 Å². The van der Waals surface area contributed by atoms with E-state index in [9.17, 15) is 14.4 Å². The monoisotopic (exact) mass is 344 g/mol. The van der Waals surface area contributed by atoms with E-state index < -0.39 is 24.5 Å². The number of hydrogen-bond acceptors (Lipinski definition) is 7. The Balaban J connectivity index is 3.76. The number of ether oxygens (including phenoxy) is 4. The highest BCUT2D eigenvalue weighted by Gasteiger charge is 2.16. The number of unbranched alkanes of at least 4 members (excludes halogenated alkanes) is 2. The van der Waals surface area contributed by atoms with Crippen molar-refractivity contribution < 1.29 is 33.3 Å². The van der Waals surface area contributed by atoms with E-state index in [1.807, 2.05) is 6.92 Å². The van der Waals surface area contributed by atoms with Crippen LogP contribution in [0.25, 0.3) is 0 Å². The van der Waals surface area contributed by atoms with E-state index in [1.165, 1.54) is 0 Å². The molecule has 0 aromatic rings. The first-order valence-electron chi connectivity index (χ1n) is 8.25. The molecule has 7 nitrogen and oxygen atoms in total. The summed E-state index contributed by atoms with van der Waals surface area (Å²) >= 11 is 0. The average molecular weight is 344 g/mol. The van der Waals surface area contributed by atoms with Crippen LogP contribution in [0.15, 0.2) is 12.2 Å². The van der Waals surface area contributed by atoms with E-state index in [0.29, 0.717) is 19.8 Å². The second-order valence-corrected chi connectivity index (χ2v) is 5.12. The maximum atomic E-state index is 11.6. The van der Waals surface area contributed by atoms with Gasteiger partial charge in [0.1, 0.15) is 6.61 Å². The van der Waals surface area contributed by atoms with Gasteiger partial charge in [-0.3, -0.25) is 4.79 Å². The lowest BCUT2D eigenvalue weighted by atomic mass is 10.2. The fourth-order valence-corrected chi connectivity index (χ4v) is 1.46. The Morgan fingerprint density at radius 1 is 0.792 bits per heavy atom. The second kappa shape index (κ2) is 14.7. The Bertz CT molecular complexity index is 404. The van der Waals surface area contributed by atoms with Gasteiger partial charge in [0, 0.05) is 12.2 Å². The number of carbonyl (C=O) groups excluding carboxylic acids is 3. The van der Waals surface area contributed by atoms with Gasteiger partial charge in [-0.05, 0) is 12.8 Å². The molecule has 0 saturated carbocycles. The van der Waals surface area contributed by atoms with Crippen molar-refractivity contribution in [3.8, 4) is 0 Å². The fraction of sp³-hybridized carbons (Fsp3) is 0.706. The van der Waals surface area contributed by atoms with Gasteiger partial charge in [0.2, 0.25) is 0 Å². The Morgan fingerprint density at radius 2 is 1.42 bits per heavy atom. The van der Waals surface area contributed by atoms with Crippen LogP contribution in [0.2, 0.25) is 0 Å². The first-order chi connectivity index (χ1) is 11.5. The zero-order chi connectivity index (χ0) is 18.2. The first-order valence-corrected chi connectivity index (χ1v) is 8.25. The lowest BCUT2D eigenvalue weighted by Gasteiger charge is -2.08. The van der Waals surface area contributed by atoms with E-state index >= 15 is 0 Å². The van der Waals surface area contributed by atoms with Crippen molar-refractivity contribution in [2.24, 2.45) is 0 Å². The van der Waals surface area contributed by atoms with E-state index in [-0.39, 0.29) is 18.6 Å². The third-order valence-electron chi connectivity index (χ3n) is 2.86. The molecule has 0 atom stereocenters. The van der Waals surface area contributed by atoms with Gasteiger partial charge in [-0.25, -0.2) is 9.59 Å². The van der Waals surface area contributed by atoms with Gasteiger partial charge in [-0.1, -0.05) is 33.3 Å². The molecule has 0 aliphatic rings. The van der Waals surface area contributed by atoms with Crippen LogP contribution in [0.1, 0.15) is 46.0 Å². The Labute approximate surface area is 143 Å². The van der Waals surface area contributed by atoms with Crippen LogP contribution < -0.4 is 0 Å². The molecule has 0 N–H and O–H groups in total. The van der Waals surface area contributed by atoms with Crippen molar-refractivity contribution in [3.05, 3.63) is 12.2 Å². The smallest absolute Gasteiger partial charge is 0.344 e. The summed E-state index contributed by atoms with van der Waals surface area (Å²) < 4.78 is 19.7. The molecule has 0 amide bonds. The van der Waals surface area contributed by atoms with Crippen LogP contribution in [-0.2, 0) is 33.3 Å².